The molecule has 1 aromatic heterocycles. The smallest absolute Gasteiger partial charge is 0.360 e. The summed E-state index contributed by atoms with van der Waals surface area (Å²) in [6.45, 7) is 5.16. The van der Waals surface area contributed by atoms with Crippen LogP contribution in [0.1, 0.15) is 16.2 Å². The molecule has 0 aliphatic heterocycles. The number of hydrogen-bond acceptors (Lipinski definition) is 4. The first-order chi connectivity index (χ1) is 5.24. The fourth-order valence-corrected chi connectivity index (χ4v) is 0.629. The maximum Gasteiger partial charge on any atom is 0.360 e. The van der Waals surface area contributed by atoms with Gasteiger partial charge in [0.25, 0.3) is 0 Å². The Kier molecular flexibility index (Phi) is 2.25. The van der Waals surface area contributed by atoms with Crippen LogP contribution in [0.2, 0.25) is 0 Å². The maximum absolute atomic E-state index is 10.9. The van der Waals surface area contributed by atoms with E-state index < -0.39 is 5.97 Å². The monoisotopic (exact) mass is 154 g/mol. The van der Waals surface area contributed by atoms with E-state index in [9.17, 15) is 4.79 Å². The maximum atomic E-state index is 10.9. The number of ether oxygens (including phenoxy) is 1. The first-order valence-corrected chi connectivity index (χ1v) is 3.13. The van der Waals surface area contributed by atoms with Crippen molar-refractivity contribution in [2.24, 2.45) is 0 Å². The molecular formula is C7H8NO3. The van der Waals surface area contributed by atoms with Gasteiger partial charge in [-0.3, -0.25) is 0 Å². The third-order valence-electron chi connectivity index (χ3n) is 1.07. The van der Waals surface area contributed by atoms with Crippen molar-refractivity contribution < 1.29 is 14.1 Å². The number of carbonyl (C=O) groups is 1. The Balaban J connectivity index is 2.69. The van der Waals surface area contributed by atoms with Crippen LogP contribution in [0.5, 0.6) is 0 Å². The van der Waals surface area contributed by atoms with Crippen molar-refractivity contribution in [3.63, 3.8) is 0 Å². The topological polar surface area (TPSA) is 52.3 Å². The molecule has 1 rings (SSSR count). The molecule has 1 heterocycles. The summed E-state index contributed by atoms with van der Waals surface area (Å²) in [6.07, 6.45) is 0. The van der Waals surface area contributed by atoms with Crippen LogP contribution in [0.25, 0.3) is 0 Å². The van der Waals surface area contributed by atoms with E-state index in [0.29, 0.717) is 5.76 Å². The van der Waals surface area contributed by atoms with Crippen LogP contribution in [-0.4, -0.2) is 17.7 Å². The fraction of sp³-hybridized carbons (Fsp3) is 0.286. The molecule has 0 unspecified atom stereocenters. The lowest BCUT2D eigenvalue weighted by Crippen LogP contribution is -2.04. The lowest BCUT2D eigenvalue weighted by atomic mass is 10.4. The van der Waals surface area contributed by atoms with Gasteiger partial charge in [0.2, 0.25) is 0 Å². The van der Waals surface area contributed by atoms with Crippen molar-refractivity contribution in [1.82, 2.24) is 5.16 Å². The van der Waals surface area contributed by atoms with Gasteiger partial charge in [-0.15, -0.1) is 0 Å². The first-order valence-electron chi connectivity index (χ1n) is 3.13. The van der Waals surface area contributed by atoms with E-state index in [1.807, 2.05) is 0 Å². The highest BCUT2D eigenvalue weighted by Crippen LogP contribution is 2.02. The van der Waals surface area contributed by atoms with Gasteiger partial charge >= 0.3 is 5.97 Å². The zero-order valence-electron chi connectivity index (χ0n) is 6.16. The van der Waals surface area contributed by atoms with Gasteiger partial charge in [-0.1, -0.05) is 5.16 Å². The van der Waals surface area contributed by atoms with Crippen molar-refractivity contribution in [3.05, 3.63) is 24.4 Å². The molecule has 1 aromatic rings. The van der Waals surface area contributed by atoms with E-state index in [0.717, 1.165) is 0 Å². The molecular weight excluding hydrogens is 146 g/mol. The van der Waals surface area contributed by atoms with E-state index in [2.05, 4.69) is 21.3 Å². The molecule has 1 radical (unpaired) electrons. The molecule has 0 fully saturated rings. The Labute approximate surface area is 64.1 Å². The van der Waals surface area contributed by atoms with Gasteiger partial charge in [0.15, 0.2) is 5.69 Å². The fourth-order valence-electron chi connectivity index (χ4n) is 0.629. The number of aromatic nitrogens is 1. The summed E-state index contributed by atoms with van der Waals surface area (Å²) >= 11 is 0. The SMILES string of the molecule is [CH2]COC(=O)c1cc(C)on1. The second kappa shape index (κ2) is 3.18. The van der Waals surface area contributed by atoms with E-state index in [1.165, 1.54) is 6.07 Å². The van der Waals surface area contributed by atoms with Gasteiger partial charge < -0.3 is 9.26 Å². The van der Waals surface area contributed by atoms with Crippen molar-refractivity contribution in [2.45, 2.75) is 6.92 Å². The largest absolute Gasteiger partial charge is 0.461 e. The third-order valence-corrected chi connectivity index (χ3v) is 1.07. The molecule has 0 bridgehead atoms. The minimum absolute atomic E-state index is 0.102. The Bertz CT molecular complexity index is 254. The molecule has 0 saturated heterocycles. The number of nitrogens with zero attached hydrogens (tertiary/aromatic N) is 1. The minimum atomic E-state index is -0.503. The van der Waals surface area contributed by atoms with Gasteiger partial charge in [0.05, 0.1) is 6.61 Å². The van der Waals surface area contributed by atoms with Gasteiger partial charge in [0.1, 0.15) is 5.76 Å². The number of aryl methyl sites for hydroxylation is 1. The molecule has 0 amide bonds. The number of carbonyl (C=O) groups excluding carboxylic acids is 1. The van der Waals surface area contributed by atoms with Crippen LogP contribution in [0.3, 0.4) is 0 Å². The lowest BCUT2D eigenvalue weighted by Gasteiger charge is -1.93. The number of rotatable bonds is 2. The van der Waals surface area contributed by atoms with Gasteiger partial charge in [-0.25, -0.2) is 4.79 Å². The highest BCUT2D eigenvalue weighted by Gasteiger charge is 2.10. The van der Waals surface area contributed by atoms with Crippen molar-refractivity contribution in [1.29, 1.82) is 0 Å². The summed E-state index contributed by atoms with van der Waals surface area (Å²) in [5, 5.41) is 3.46. The molecule has 0 aliphatic rings. The van der Waals surface area contributed by atoms with Crippen LogP contribution in [-0.2, 0) is 4.74 Å². The van der Waals surface area contributed by atoms with Crippen LogP contribution < -0.4 is 0 Å². The van der Waals surface area contributed by atoms with Crippen LogP contribution in [0.15, 0.2) is 10.6 Å². The number of hydrogen-bond donors (Lipinski definition) is 0. The van der Waals surface area contributed by atoms with E-state index in [1.54, 1.807) is 6.92 Å². The van der Waals surface area contributed by atoms with Gasteiger partial charge in [-0.05, 0) is 13.8 Å². The summed E-state index contributed by atoms with van der Waals surface area (Å²) in [5.41, 5.74) is 0.186. The average Bonchev–Trinajstić information content (AvgIpc) is 2.36. The molecule has 59 valence electrons. The summed E-state index contributed by atoms with van der Waals surface area (Å²) < 4.78 is 9.23. The van der Waals surface area contributed by atoms with E-state index >= 15 is 0 Å². The molecule has 0 saturated carbocycles. The normalized spacial score (nSPS) is 9.64. The Hall–Kier alpha value is -1.32. The summed E-state index contributed by atoms with van der Waals surface area (Å²) in [4.78, 5) is 10.9. The molecule has 0 spiro atoms. The second-order valence-corrected chi connectivity index (χ2v) is 1.96. The summed E-state index contributed by atoms with van der Waals surface area (Å²) in [6, 6.07) is 1.51. The Morgan fingerprint density at radius 3 is 3.09 bits per heavy atom. The lowest BCUT2D eigenvalue weighted by molar-refractivity contribution is 0.0535. The summed E-state index contributed by atoms with van der Waals surface area (Å²) in [5.74, 6) is 0.0814. The van der Waals surface area contributed by atoms with Gasteiger partial charge in [0, 0.05) is 6.07 Å². The van der Waals surface area contributed by atoms with E-state index in [4.69, 9.17) is 0 Å². The Morgan fingerprint density at radius 2 is 2.64 bits per heavy atom. The van der Waals surface area contributed by atoms with Crippen molar-refractivity contribution >= 4 is 5.97 Å². The first kappa shape index (κ1) is 7.78. The zero-order valence-corrected chi connectivity index (χ0v) is 6.16. The molecule has 0 N–H and O–H groups in total. The average molecular weight is 154 g/mol. The predicted octanol–water partition coefficient (Wildman–Crippen LogP) is 0.974. The summed E-state index contributed by atoms with van der Waals surface area (Å²) in [7, 11) is 0. The van der Waals surface area contributed by atoms with Crippen LogP contribution in [0, 0.1) is 13.8 Å². The van der Waals surface area contributed by atoms with E-state index in [-0.39, 0.29) is 12.3 Å². The molecule has 4 heteroatoms. The van der Waals surface area contributed by atoms with Crippen molar-refractivity contribution in [3.8, 4) is 0 Å². The quantitative estimate of drug-likeness (QED) is 0.595. The number of esters is 1. The van der Waals surface area contributed by atoms with Crippen molar-refractivity contribution in [2.75, 3.05) is 6.61 Å². The second-order valence-electron chi connectivity index (χ2n) is 1.96. The minimum Gasteiger partial charge on any atom is -0.461 e. The highest BCUT2D eigenvalue weighted by molar-refractivity contribution is 5.87. The molecule has 0 aliphatic carbocycles. The standard InChI is InChI=1S/C7H8NO3/c1-3-10-7(9)6-4-5(2)11-8-6/h4H,1,3H2,2H3. The zero-order chi connectivity index (χ0) is 8.27. The predicted molar refractivity (Wildman–Crippen MR) is 36.9 cm³/mol. The van der Waals surface area contributed by atoms with Gasteiger partial charge in [-0.2, -0.15) is 0 Å². The molecule has 4 nitrogen and oxygen atoms in total. The van der Waals surface area contributed by atoms with Crippen LogP contribution in [0.4, 0.5) is 0 Å². The van der Waals surface area contributed by atoms with Crippen LogP contribution >= 0.6 is 0 Å². The highest BCUT2D eigenvalue weighted by atomic mass is 16.5. The Morgan fingerprint density at radius 1 is 1.91 bits per heavy atom. The molecule has 11 heavy (non-hydrogen) atoms. The third kappa shape index (κ3) is 1.80. The molecule has 0 aromatic carbocycles. The molecule has 0 atom stereocenters.